The Labute approximate surface area is 96.5 Å². The number of ether oxygens (including phenoxy) is 1. The number of nitrogens with zero attached hydrogens (tertiary/aromatic N) is 2. The third kappa shape index (κ3) is 4.06. The van der Waals surface area contributed by atoms with E-state index >= 15 is 0 Å². The van der Waals surface area contributed by atoms with Crippen molar-refractivity contribution >= 4 is 10.0 Å². The topological polar surface area (TPSA) is 90.6 Å². The lowest BCUT2D eigenvalue weighted by Crippen LogP contribution is -2.41. The van der Waals surface area contributed by atoms with Crippen LogP contribution >= 0.6 is 0 Å². The number of aliphatic hydroxyl groups excluding tert-OH is 1. The Morgan fingerprint density at radius 1 is 1.50 bits per heavy atom. The van der Waals surface area contributed by atoms with Crippen molar-refractivity contribution in [1.82, 2.24) is 4.31 Å². The molecule has 0 aromatic carbocycles. The van der Waals surface area contributed by atoms with Crippen molar-refractivity contribution in [2.45, 2.75) is 18.6 Å². The van der Waals surface area contributed by atoms with Crippen molar-refractivity contribution in [3.63, 3.8) is 0 Å². The maximum absolute atomic E-state index is 11.9. The Bertz CT molecular complexity index is 323. The quantitative estimate of drug-likeness (QED) is 0.630. The zero-order valence-corrected chi connectivity index (χ0v) is 10.4. The summed E-state index contributed by atoms with van der Waals surface area (Å²) < 4.78 is 29.7. The van der Waals surface area contributed by atoms with Crippen LogP contribution in [0.25, 0.3) is 0 Å². The van der Waals surface area contributed by atoms with E-state index in [2.05, 4.69) is 0 Å². The second-order valence-electron chi connectivity index (χ2n) is 3.19. The highest BCUT2D eigenvalue weighted by atomic mass is 32.2. The zero-order chi connectivity index (χ0) is 12.6. The summed E-state index contributed by atoms with van der Waals surface area (Å²) in [7, 11) is -2.20. The Morgan fingerprint density at radius 3 is 2.50 bits per heavy atom. The molecule has 0 aromatic heterocycles. The Morgan fingerprint density at radius 2 is 2.12 bits per heavy atom. The molecule has 0 saturated heterocycles. The average Bonchev–Trinajstić information content (AvgIpc) is 2.25. The third-order valence-corrected chi connectivity index (χ3v) is 4.37. The molecule has 0 aliphatic heterocycles. The van der Waals surface area contributed by atoms with Gasteiger partial charge in [0.05, 0.1) is 19.3 Å². The van der Waals surface area contributed by atoms with Crippen LogP contribution in [0.4, 0.5) is 0 Å². The minimum absolute atomic E-state index is 0.0100. The predicted octanol–water partition coefficient (Wildman–Crippen LogP) is -0.441. The van der Waals surface area contributed by atoms with Crippen molar-refractivity contribution in [3.05, 3.63) is 0 Å². The first-order valence-electron chi connectivity index (χ1n) is 5.02. The third-order valence-electron chi connectivity index (χ3n) is 2.13. The van der Waals surface area contributed by atoms with Crippen molar-refractivity contribution in [2.75, 3.05) is 33.4 Å². The van der Waals surface area contributed by atoms with E-state index in [0.717, 1.165) is 4.31 Å². The molecule has 16 heavy (non-hydrogen) atoms. The van der Waals surface area contributed by atoms with Crippen LogP contribution in [-0.2, 0) is 14.8 Å². The second kappa shape index (κ2) is 7.57. The van der Waals surface area contributed by atoms with Crippen LogP contribution in [-0.4, -0.2) is 56.5 Å². The van der Waals surface area contributed by atoms with Crippen LogP contribution in [0, 0.1) is 11.3 Å². The lowest BCUT2D eigenvalue weighted by molar-refractivity contribution is 0.168. The van der Waals surface area contributed by atoms with E-state index in [1.807, 2.05) is 0 Å². The molecule has 94 valence electrons. The zero-order valence-electron chi connectivity index (χ0n) is 9.59. The molecule has 0 amide bonds. The highest BCUT2D eigenvalue weighted by Crippen LogP contribution is 2.11. The van der Waals surface area contributed by atoms with Gasteiger partial charge in [0, 0.05) is 20.2 Å². The van der Waals surface area contributed by atoms with Crippen molar-refractivity contribution in [1.29, 1.82) is 5.26 Å². The molecule has 0 bridgehead atoms. The molecular weight excluding hydrogens is 232 g/mol. The summed E-state index contributed by atoms with van der Waals surface area (Å²) in [6.07, 6.45) is 0.230. The van der Waals surface area contributed by atoms with E-state index in [4.69, 9.17) is 15.1 Å². The minimum Gasteiger partial charge on any atom is -0.395 e. The molecule has 0 aliphatic carbocycles. The fourth-order valence-electron chi connectivity index (χ4n) is 1.22. The van der Waals surface area contributed by atoms with Gasteiger partial charge in [0.15, 0.2) is 5.25 Å². The first kappa shape index (κ1) is 15.3. The number of nitriles is 1. The van der Waals surface area contributed by atoms with Crippen molar-refractivity contribution in [2.24, 2.45) is 0 Å². The number of aliphatic hydroxyl groups is 1. The molecule has 0 heterocycles. The Kier molecular flexibility index (Phi) is 7.25. The van der Waals surface area contributed by atoms with Gasteiger partial charge in [-0.3, -0.25) is 0 Å². The molecule has 0 aliphatic rings. The molecular formula is C9H18N2O4S. The SMILES string of the molecule is CCC(C#N)S(=O)(=O)N(CCO)CCOC. The van der Waals surface area contributed by atoms with Crippen molar-refractivity contribution < 1.29 is 18.3 Å². The molecule has 0 fully saturated rings. The average molecular weight is 250 g/mol. The summed E-state index contributed by atoms with van der Waals surface area (Å²) >= 11 is 0. The fourth-order valence-corrected chi connectivity index (χ4v) is 2.80. The molecule has 1 atom stereocenters. The van der Waals surface area contributed by atoms with Gasteiger partial charge >= 0.3 is 0 Å². The number of sulfonamides is 1. The molecule has 1 unspecified atom stereocenters. The summed E-state index contributed by atoms with van der Waals surface area (Å²) in [5.41, 5.74) is 0. The predicted molar refractivity (Wildman–Crippen MR) is 59.1 cm³/mol. The Balaban J connectivity index is 4.81. The number of rotatable bonds is 8. The Hall–Kier alpha value is -0.680. The first-order valence-corrected chi connectivity index (χ1v) is 6.53. The molecule has 7 heteroatoms. The monoisotopic (exact) mass is 250 g/mol. The number of methoxy groups -OCH3 is 1. The van der Waals surface area contributed by atoms with E-state index in [1.54, 1.807) is 13.0 Å². The second-order valence-corrected chi connectivity index (χ2v) is 5.30. The van der Waals surface area contributed by atoms with E-state index in [0.29, 0.717) is 0 Å². The molecule has 1 N–H and O–H groups in total. The van der Waals surface area contributed by atoms with Gasteiger partial charge in [-0.25, -0.2) is 8.42 Å². The van der Waals surface area contributed by atoms with Gasteiger partial charge in [-0.15, -0.1) is 0 Å². The van der Waals surface area contributed by atoms with Crippen LogP contribution in [0.3, 0.4) is 0 Å². The minimum atomic E-state index is -3.67. The van der Waals surface area contributed by atoms with Crippen molar-refractivity contribution in [3.8, 4) is 6.07 Å². The highest BCUT2D eigenvalue weighted by Gasteiger charge is 2.30. The lowest BCUT2D eigenvalue weighted by Gasteiger charge is -2.22. The molecule has 0 radical (unpaired) electrons. The van der Waals surface area contributed by atoms with Crippen LogP contribution in [0.2, 0.25) is 0 Å². The summed E-state index contributed by atoms with van der Waals surface area (Å²) in [6.45, 7) is 1.74. The van der Waals surface area contributed by atoms with Gasteiger partial charge in [0.1, 0.15) is 0 Å². The standard InChI is InChI=1S/C9H18N2O4S/c1-3-9(8-10)16(13,14)11(4-6-12)5-7-15-2/h9,12H,3-7H2,1-2H3. The largest absolute Gasteiger partial charge is 0.395 e. The van der Waals surface area contributed by atoms with Crippen LogP contribution < -0.4 is 0 Å². The smallest absolute Gasteiger partial charge is 0.230 e. The molecule has 6 nitrogen and oxygen atoms in total. The molecule has 0 saturated carbocycles. The molecule has 0 spiro atoms. The van der Waals surface area contributed by atoms with Crippen LogP contribution in [0.1, 0.15) is 13.3 Å². The van der Waals surface area contributed by atoms with Crippen LogP contribution in [0.5, 0.6) is 0 Å². The molecule has 0 aromatic rings. The van der Waals surface area contributed by atoms with Gasteiger partial charge in [-0.2, -0.15) is 9.57 Å². The first-order chi connectivity index (χ1) is 7.54. The summed E-state index contributed by atoms with van der Waals surface area (Å²) in [4.78, 5) is 0. The van der Waals surface area contributed by atoms with Crippen LogP contribution in [0.15, 0.2) is 0 Å². The molecule has 0 rings (SSSR count). The van der Waals surface area contributed by atoms with E-state index < -0.39 is 15.3 Å². The van der Waals surface area contributed by atoms with Gasteiger partial charge in [-0.1, -0.05) is 6.92 Å². The van der Waals surface area contributed by atoms with Gasteiger partial charge < -0.3 is 9.84 Å². The van der Waals surface area contributed by atoms with Gasteiger partial charge in [0.2, 0.25) is 10.0 Å². The number of hydrogen-bond donors (Lipinski definition) is 1. The highest BCUT2D eigenvalue weighted by molar-refractivity contribution is 7.90. The maximum Gasteiger partial charge on any atom is 0.230 e. The van der Waals surface area contributed by atoms with E-state index in [1.165, 1.54) is 7.11 Å². The summed E-state index contributed by atoms with van der Waals surface area (Å²) in [5.74, 6) is 0. The van der Waals surface area contributed by atoms with Gasteiger partial charge in [0.25, 0.3) is 0 Å². The van der Waals surface area contributed by atoms with E-state index in [9.17, 15) is 8.42 Å². The lowest BCUT2D eigenvalue weighted by atomic mass is 10.4. The van der Waals surface area contributed by atoms with E-state index in [-0.39, 0.29) is 32.7 Å². The fraction of sp³-hybridized carbons (Fsp3) is 0.889. The summed E-state index contributed by atoms with van der Waals surface area (Å²) in [5, 5.41) is 16.5. The maximum atomic E-state index is 11.9. The number of hydrogen-bond acceptors (Lipinski definition) is 5. The summed E-state index contributed by atoms with van der Waals surface area (Å²) in [6, 6.07) is 1.76. The normalized spacial score (nSPS) is 13.7. The van der Waals surface area contributed by atoms with Gasteiger partial charge in [-0.05, 0) is 6.42 Å².